The molecule has 0 aliphatic rings. The fourth-order valence-electron chi connectivity index (χ4n) is 1.98. The Labute approximate surface area is 128 Å². The van der Waals surface area contributed by atoms with E-state index in [-0.39, 0.29) is 11.4 Å². The van der Waals surface area contributed by atoms with Gasteiger partial charge >= 0.3 is 5.69 Å². The van der Waals surface area contributed by atoms with Crippen LogP contribution in [0.3, 0.4) is 0 Å². The molecule has 2 aromatic rings. The number of ether oxygens (including phenoxy) is 2. The number of nitrogens with one attached hydrogen (secondary N) is 1. The van der Waals surface area contributed by atoms with Crippen molar-refractivity contribution in [2.45, 2.75) is 13.1 Å². The Morgan fingerprint density at radius 2 is 1.86 bits per heavy atom. The van der Waals surface area contributed by atoms with E-state index in [9.17, 15) is 10.1 Å². The van der Waals surface area contributed by atoms with Crippen LogP contribution in [0.1, 0.15) is 11.1 Å². The van der Waals surface area contributed by atoms with Gasteiger partial charge in [-0.25, -0.2) is 4.98 Å². The second kappa shape index (κ2) is 7.37. The van der Waals surface area contributed by atoms with Crippen molar-refractivity contribution in [2.24, 2.45) is 0 Å². The van der Waals surface area contributed by atoms with E-state index in [4.69, 9.17) is 9.47 Å². The predicted octanol–water partition coefficient (Wildman–Crippen LogP) is 2.30. The van der Waals surface area contributed by atoms with Crippen molar-refractivity contribution in [3.05, 3.63) is 57.8 Å². The minimum atomic E-state index is -0.449. The lowest BCUT2D eigenvalue weighted by atomic mass is 10.2. The van der Waals surface area contributed by atoms with Gasteiger partial charge in [-0.05, 0) is 17.2 Å². The zero-order valence-electron chi connectivity index (χ0n) is 12.4. The van der Waals surface area contributed by atoms with Crippen molar-refractivity contribution < 1.29 is 14.4 Å². The van der Waals surface area contributed by atoms with Crippen LogP contribution in [-0.4, -0.2) is 24.1 Å². The Morgan fingerprint density at radius 3 is 2.45 bits per heavy atom. The smallest absolute Gasteiger partial charge is 0.311 e. The van der Waals surface area contributed by atoms with Crippen molar-refractivity contribution in [3.63, 3.8) is 0 Å². The van der Waals surface area contributed by atoms with Gasteiger partial charge in [-0.3, -0.25) is 10.1 Å². The van der Waals surface area contributed by atoms with Crippen LogP contribution in [0.5, 0.6) is 11.6 Å². The average molecular weight is 303 g/mol. The molecule has 0 radical (unpaired) electrons. The average Bonchev–Trinajstić information content (AvgIpc) is 2.55. The van der Waals surface area contributed by atoms with E-state index in [2.05, 4.69) is 10.3 Å². The first-order valence-electron chi connectivity index (χ1n) is 6.65. The molecule has 0 saturated heterocycles. The fraction of sp³-hybridized carbons (Fsp3) is 0.267. The van der Waals surface area contributed by atoms with Crippen molar-refractivity contribution in [1.82, 2.24) is 10.3 Å². The summed E-state index contributed by atoms with van der Waals surface area (Å²) in [7, 11) is 2.98. The van der Waals surface area contributed by atoms with Crippen LogP contribution in [0, 0.1) is 10.1 Å². The number of aromatic nitrogens is 1. The summed E-state index contributed by atoms with van der Waals surface area (Å²) < 4.78 is 9.97. The summed E-state index contributed by atoms with van der Waals surface area (Å²) in [5.41, 5.74) is 1.78. The lowest BCUT2D eigenvalue weighted by Gasteiger charge is -2.07. The van der Waals surface area contributed by atoms with E-state index in [1.54, 1.807) is 31.5 Å². The fourth-order valence-corrected chi connectivity index (χ4v) is 1.98. The SMILES string of the molecule is COc1ccc(CNCc2ccc(OC)c([N+](=O)[O-])c2)cn1. The molecular formula is C15H17N3O4. The molecule has 1 aromatic heterocycles. The highest BCUT2D eigenvalue weighted by atomic mass is 16.6. The van der Waals surface area contributed by atoms with E-state index in [1.807, 2.05) is 6.07 Å². The Morgan fingerprint density at radius 1 is 1.14 bits per heavy atom. The summed E-state index contributed by atoms with van der Waals surface area (Å²) in [5, 5.41) is 14.2. The number of hydrogen-bond donors (Lipinski definition) is 1. The highest BCUT2D eigenvalue weighted by Gasteiger charge is 2.14. The minimum Gasteiger partial charge on any atom is -0.490 e. The number of nitrogens with zero attached hydrogens (tertiary/aromatic N) is 2. The van der Waals surface area contributed by atoms with Gasteiger partial charge in [0, 0.05) is 31.4 Å². The monoisotopic (exact) mass is 303 g/mol. The second-order valence-corrected chi connectivity index (χ2v) is 4.58. The molecule has 0 bridgehead atoms. The molecule has 0 unspecified atom stereocenters. The van der Waals surface area contributed by atoms with Gasteiger partial charge in [-0.1, -0.05) is 12.1 Å². The Bertz CT molecular complexity index is 644. The van der Waals surface area contributed by atoms with E-state index in [0.29, 0.717) is 19.0 Å². The van der Waals surface area contributed by atoms with Crippen LogP contribution >= 0.6 is 0 Å². The first-order valence-corrected chi connectivity index (χ1v) is 6.65. The number of nitro benzene ring substituents is 1. The molecule has 1 aromatic carbocycles. The summed E-state index contributed by atoms with van der Waals surface area (Å²) in [5.74, 6) is 0.822. The molecule has 0 aliphatic carbocycles. The molecule has 0 amide bonds. The molecule has 0 aliphatic heterocycles. The van der Waals surface area contributed by atoms with Gasteiger partial charge in [0.2, 0.25) is 5.88 Å². The first-order chi connectivity index (χ1) is 10.6. The lowest BCUT2D eigenvalue weighted by molar-refractivity contribution is -0.385. The molecule has 2 rings (SSSR count). The number of methoxy groups -OCH3 is 2. The van der Waals surface area contributed by atoms with E-state index < -0.39 is 4.92 Å². The molecule has 1 N–H and O–H groups in total. The third-order valence-corrected chi connectivity index (χ3v) is 3.10. The second-order valence-electron chi connectivity index (χ2n) is 4.58. The molecule has 7 nitrogen and oxygen atoms in total. The highest BCUT2D eigenvalue weighted by Crippen LogP contribution is 2.27. The summed E-state index contributed by atoms with van der Waals surface area (Å²) >= 11 is 0. The molecule has 0 atom stereocenters. The summed E-state index contributed by atoms with van der Waals surface area (Å²) in [6, 6.07) is 8.61. The van der Waals surface area contributed by atoms with Crippen LogP contribution in [0.4, 0.5) is 5.69 Å². The lowest BCUT2D eigenvalue weighted by Crippen LogP contribution is -2.13. The predicted molar refractivity (Wildman–Crippen MR) is 81.0 cm³/mol. The largest absolute Gasteiger partial charge is 0.490 e. The van der Waals surface area contributed by atoms with Crippen molar-refractivity contribution in [2.75, 3.05) is 14.2 Å². The van der Waals surface area contributed by atoms with Gasteiger partial charge in [0.1, 0.15) is 0 Å². The summed E-state index contributed by atoms with van der Waals surface area (Å²) in [6.45, 7) is 1.12. The van der Waals surface area contributed by atoms with Gasteiger partial charge in [-0.15, -0.1) is 0 Å². The Kier molecular flexibility index (Phi) is 5.26. The first kappa shape index (κ1) is 15.7. The van der Waals surface area contributed by atoms with Gasteiger partial charge < -0.3 is 14.8 Å². The van der Waals surface area contributed by atoms with Crippen LogP contribution in [0.25, 0.3) is 0 Å². The van der Waals surface area contributed by atoms with E-state index >= 15 is 0 Å². The molecule has 0 saturated carbocycles. The van der Waals surface area contributed by atoms with Gasteiger partial charge in [0.15, 0.2) is 5.75 Å². The third-order valence-electron chi connectivity index (χ3n) is 3.10. The molecule has 0 fully saturated rings. The minimum absolute atomic E-state index is 0.0343. The molecule has 0 spiro atoms. The van der Waals surface area contributed by atoms with Crippen LogP contribution in [0.2, 0.25) is 0 Å². The number of pyridine rings is 1. The van der Waals surface area contributed by atoms with Crippen LogP contribution in [-0.2, 0) is 13.1 Å². The maximum atomic E-state index is 11.0. The molecule has 116 valence electrons. The number of hydrogen-bond acceptors (Lipinski definition) is 6. The number of rotatable bonds is 7. The van der Waals surface area contributed by atoms with Gasteiger partial charge in [0.25, 0.3) is 0 Å². The summed E-state index contributed by atoms with van der Waals surface area (Å²) in [4.78, 5) is 14.6. The molecule has 7 heteroatoms. The van der Waals surface area contributed by atoms with Crippen LogP contribution < -0.4 is 14.8 Å². The Hall–Kier alpha value is -2.67. The molecule has 1 heterocycles. The normalized spacial score (nSPS) is 10.3. The quantitative estimate of drug-likeness (QED) is 0.624. The maximum absolute atomic E-state index is 11.0. The van der Waals surface area contributed by atoms with Crippen molar-refractivity contribution in [3.8, 4) is 11.6 Å². The van der Waals surface area contributed by atoms with E-state index in [0.717, 1.165) is 11.1 Å². The number of benzene rings is 1. The van der Waals surface area contributed by atoms with Crippen LogP contribution in [0.15, 0.2) is 36.5 Å². The molecule has 22 heavy (non-hydrogen) atoms. The van der Waals surface area contributed by atoms with E-state index in [1.165, 1.54) is 13.2 Å². The standard InChI is InChI=1S/C15H17N3O4/c1-21-14-5-3-11(7-13(14)18(19)20)8-16-9-12-4-6-15(22-2)17-10-12/h3-7,10,16H,8-9H2,1-2H3. The maximum Gasteiger partial charge on any atom is 0.311 e. The molecular weight excluding hydrogens is 286 g/mol. The van der Waals surface area contributed by atoms with Crippen molar-refractivity contribution in [1.29, 1.82) is 0 Å². The topological polar surface area (TPSA) is 86.5 Å². The zero-order chi connectivity index (χ0) is 15.9. The third kappa shape index (κ3) is 3.92. The zero-order valence-corrected chi connectivity index (χ0v) is 12.4. The van der Waals surface area contributed by atoms with Crippen molar-refractivity contribution >= 4 is 5.69 Å². The Balaban J connectivity index is 1.96. The van der Waals surface area contributed by atoms with Gasteiger partial charge in [0.05, 0.1) is 19.1 Å². The van der Waals surface area contributed by atoms with Gasteiger partial charge in [-0.2, -0.15) is 0 Å². The number of nitro groups is 1. The highest BCUT2D eigenvalue weighted by molar-refractivity contribution is 5.48. The summed E-state index contributed by atoms with van der Waals surface area (Å²) in [6.07, 6.45) is 1.72.